The molecule has 54 valence electrons. The molecule has 0 aliphatic carbocycles. The normalized spacial score (nSPS) is 10.3. The van der Waals surface area contributed by atoms with E-state index in [0.29, 0.717) is 0 Å². The first-order valence-electron chi connectivity index (χ1n) is 3.68. The number of pyridine rings is 1. The smallest absolute Gasteiger partial charge is 0.156 e. The molecule has 0 saturated heterocycles. The zero-order chi connectivity index (χ0) is 7.68. The molecule has 0 radical (unpaired) electrons. The summed E-state index contributed by atoms with van der Waals surface area (Å²) in [7, 11) is 1.02. The Balaban J connectivity index is 2.67. The van der Waals surface area contributed by atoms with Crippen molar-refractivity contribution >= 4 is 23.8 Å². The summed E-state index contributed by atoms with van der Waals surface area (Å²) in [5.41, 5.74) is 2.11. The van der Waals surface area contributed by atoms with Crippen LogP contribution in [0.4, 0.5) is 0 Å². The average molecular weight is 145 g/mol. The third kappa shape index (κ3) is 1.00. The number of aromatic amines is 1. The van der Waals surface area contributed by atoms with Crippen LogP contribution in [0.2, 0.25) is 6.82 Å². The molecule has 3 nitrogen and oxygen atoms in total. The van der Waals surface area contributed by atoms with Crippen molar-refractivity contribution in [3.63, 3.8) is 0 Å². The van der Waals surface area contributed by atoms with Crippen molar-refractivity contribution in [3.05, 3.63) is 18.5 Å². The summed E-state index contributed by atoms with van der Waals surface area (Å²) < 4.78 is 0. The van der Waals surface area contributed by atoms with Gasteiger partial charge in [-0.2, -0.15) is 5.10 Å². The molecule has 2 rings (SSSR count). The van der Waals surface area contributed by atoms with Crippen molar-refractivity contribution < 1.29 is 0 Å². The second-order valence-electron chi connectivity index (χ2n) is 2.50. The number of hydrogen-bond donors (Lipinski definition) is 1. The van der Waals surface area contributed by atoms with Crippen molar-refractivity contribution in [3.8, 4) is 0 Å². The van der Waals surface area contributed by atoms with Gasteiger partial charge in [-0.1, -0.05) is 18.4 Å². The first kappa shape index (κ1) is 6.40. The Morgan fingerprint density at radius 2 is 2.36 bits per heavy atom. The highest BCUT2D eigenvalue weighted by molar-refractivity contribution is 6.52. The first-order valence-corrected chi connectivity index (χ1v) is 3.68. The molecule has 0 aliphatic rings. The maximum Gasteiger partial charge on any atom is 0.156 e. The molecule has 2 heterocycles. The summed E-state index contributed by atoms with van der Waals surface area (Å²) in [5.74, 6) is 0. The van der Waals surface area contributed by atoms with Crippen molar-refractivity contribution in [1.29, 1.82) is 0 Å². The van der Waals surface area contributed by atoms with Gasteiger partial charge in [-0.3, -0.25) is 5.10 Å². The zero-order valence-electron chi connectivity index (χ0n) is 6.33. The fourth-order valence-electron chi connectivity index (χ4n) is 1.08. The molecule has 0 aromatic carbocycles. The molecular formula is C7H8BN3. The van der Waals surface area contributed by atoms with E-state index in [1.54, 1.807) is 6.20 Å². The number of nitrogens with zero attached hydrogens (tertiary/aromatic N) is 2. The molecule has 0 saturated carbocycles. The highest BCUT2D eigenvalue weighted by Gasteiger charge is 1.96. The van der Waals surface area contributed by atoms with Crippen LogP contribution < -0.4 is 5.46 Å². The fraction of sp³-hybridized carbons (Fsp3) is 0.143. The van der Waals surface area contributed by atoms with E-state index in [0.717, 1.165) is 18.3 Å². The third-order valence-corrected chi connectivity index (χ3v) is 1.76. The first-order chi connectivity index (χ1) is 5.40. The van der Waals surface area contributed by atoms with Gasteiger partial charge in [0.1, 0.15) is 0 Å². The summed E-state index contributed by atoms with van der Waals surface area (Å²) in [6, 6.07) is 2.10. The minimum absolute atomic E-state index is 0.863. The van der Waals surface area contributed by atoms with Gasteiger partial charge in [-0.05, 0) is 0 Å². The predicted octanol–water partition coefficient (Wildman–Crippen LogP) is 0.0678. The molecule has 1 N–H and O–H groups in total. The van der Waals surface area contributed by atoms with Crippen molar-refractivity contribution in [2.75, 3.05) is 0 Å². The summed E-state index contributed by atoms with van der Waals surface area (Å²) in [6.07, 6.45) is 3.67. The molecule has 2 aromatic rings. The molecule has 0 amide bonds. The lowest BCUT2D eigenvalue weighted by Crippen LogP contribution is -2.10. The van der Waals surface area contributed by atoms with Gasteiger partial charge in [0, 0.05) is 11.6 Å². The van der Waals surface area contributed by atoms with Crippen LogP contribution in [0.15, 0.2) is 18.5 Å². The molecule has 0 aliphatic heterocycles. The number of H-pyrrole nitrogens is 1. The maximum absolute atomic E-state index is 4.19. The lowest BCUT2D eigenvalue weighted by Gasteiger charge is -1.92. The van der Waals surface area contributed by atoms with E-state index in [1.165, 1.54) is 5.46 Å². The average Bonchev–Trinajstić information content (AvgIpc) is 2.50. The van der Waals surface area contributed by atoms with Crippen LogP contribution in [0.25, 0.3) is 11.0 Å². The van der Waals surface area contributed by atoms with Gasteiger partial charge >= 0.3 is 0 Å². The number of rotatable bonds is 1. The molecule has 0 spiro atoms. The lowest BCUT2D eigenvalue weighted by molar-refractivity contribution is 1.10. The molecule has 4 heteroatoms. The molecular weight excluding hydrogens is 137 g/mol. The summed E-state index contributed by atoms with van der Waals surface area (Å²) in [6.45, 7) is 2.11. The van der Waals surface area contributed by atoms with Crippen LogP contribution >= 0.6 is 0 Å². The summed E-state index contributed by atoms with van der Waals surface area (Å²) in [5, 5.41) is 7.79. The quantitative estimate of drug-likeness (QED) is 0.576. The minimum Gasteiger partial charge on any atom is -0.261 e. The van der Waals surface area contributed by atoms with Crippen molar-refractivity contribution in [1.82, 2.24) is 15.2 Å². The van der Waals surface area contributed by atoms with E-state index < -0.39 is 0 Å². The van der Waals surface area contributed by atoms with Crippen LogP contribution in [0, 0.1) is 0 Å². The van der Waals surface area contributed by atoms with Crippen LogP contribution in [0.5, 0.6) is 0 Å². The van der Waals surface area contributed by atoms with Gasteiger partial charge in [0.05, 0.1) is 6.20 Å². The van der Waals surface area contributed by atoms with Crippen LogP contribution in [0.3, 0.4) is 0 Å². The van der Waals surface area contributed by atoms with Gasteiger partial charge in [-0.25, -0.2) is 4.98 Å². The van der Waals surface area contributed by atoms with Crippen molar-refractivity contribution in [2.24, 2.45) is 0 Å². The van der Waals surface area contributed by atoms with E-state index in [9.17, 15) is 0 Å². The molecule has 0 atom stereocenters. The van der Waals surface area contributed by atoms with E-state index in [4.69, 9.17) is 0 Å². The Labute approximate surface area is 65.1 Å². The Kier molecular flexibility index (Phi) is 1.38. The fourth-order valence-corrected chi connectivity index (χ4v) is 1.08. The number of hydrogen-bond acceptors (Lipinski definition) is 2. The molecule has 0 unspecified atom stereocenters. The van der Waals surface area contributed by atoms with Crippen LogP contribution in [-0.4, -0.2) is 22.5 Å². The number of fused-ring (bicyclic) bond motifs is 1. The van der Waals surface area contributed by atoms with Gasteiger partial charge in [0.25, 0.3) is 0 Å². The van der Waals surface area contributed by atoms with Gasteiger partial charge in [0.15, 0.2) is 12.9 Å². The van der Waals surface area contributed by atoms with E-state index in [2.05, 4.69) is 28.1 Å². The topological polar surface area (TPSA) is 41.6 Å². The third-order valence-electron chi connectivity index (χ3n) is 1.76. The Hall–Kier alpha value is -1.32. The zero-order valence-corrected chi connectivity index (χ0v) is 6.33. The minimum atomic E-state index is 0.863. The molecule has 0 bridgehead atoms. The summed E-state index contributed by atoms with van der Waals surface area (Å²) >= 11 is 0. The van der Waals surface area contributed by atoms with Gasteiger partial charge < -0.3 is 0 Å². The highest BCUT2D eigenvalue weighted by atomic mass is 15.1. The number of nitrogens with one attached hydrogen (secondary N) is 1. The van der Waals surface area contributed by atoms with E-state index >= 15 is 0 Å². The van der Waals surface area contributed by atoms with E-state index in [-0.39, 0.29) is 0 Å². The number of aromatic nitrogens is 3. The second kappa shape index (κ2) is 2.38. The van der Waals surface area contributed by atoms with Crippen LogP contribution in [0.1, 0.15) is 0 Å². The van der Waals surface area contributed by atoms with Gasteiger partial charge in [-0.15, -0.1) is 0 Å². The van der Waals surface area contributed by atoms with Gasteiger partial charge in [0.2, 0.25) is 0 Å². The van der Waals surface area contributed by atoms with E-state index in [1.807, 2.05) is 6.20 Å². The lowest BCUT2D eigenvalue weighted by atomic mass is 9.74. The largest absolute Gasteiger partial charge is 0.261 e. The Morgan fingerprint density at radius 3 is 3.18 bits per heavy atom. The predicted molar refractivity (Wildman–Crippen MR) is 46.5 cm³/mol. The van der Waals surface area contributed by atoms with Crippen LogP contribution in [-0.2, 0) is 0 Å². The highest BCUT2D eigenvalue weighted by Crippen LogP contribution is 2.02. The molecule has 2 aromatic heterocycles. The monoisotopic (exact) mass is 145 g/mol. The second-order valence-corrected chi connectivity index (χ2v) is 2.50. The Morgan fingerprint density at radius 1 is 1.45 bits per heavy atom. The van der Waals surface area contributed by atoms with Crippen molar-refractivity contribution in [2.45, 2.75) is 6.82 Å². The maximum atomic E-state index is 4.19. The molecule has 0 fully saturated rings. The Bertz CT molecular complexity index is 368. The standard InChI is InChI=1S/C7H8BN3/c1-8-6-2-5-3-10-11-7(5)9-4-6/h2-4,8H,1H3,(H,9,10,11). The SMILES string of the molecule is CBc1cnc2[nH]ncc2c1. The molecule has 11 heavy (non-hydrogen) atoms. The summed E-state index contributed by atoms with van der Waals surface area (Å²) in [4.78, 5) is 4.19.